The van der Waals surface area contributed by atoms with Crippen LogP contribution in [-0.2, 0) is 10.0 Å². The average molecular weight is 318 g/mol. The predicted molar refractivity (Wildman–Crippen MR) is 83.4 cm³/mol. The molecule has 0 radical (unpaired) electrons. The lowest BCUT2D eigenvalue weighted by atomic mass is 10.0. The largest absolute Gasteiger partial charge is 0.264 e. The van der Waals surface area contributed by atoms with Gasteiger partial charge in [-0.3, -0.25) is 9.97 Å². The van der Waals surface area contributed by atoms with E-state index in [1.807, 2.05) is 12.1 Å². The Balaban J connectivity index is 1.97. The molecule has 1 saturated heterocycles. The monoisotopic (exact) mass is 318 g/mol. The van der Waals surface area contributed by atoms with Crippen molar-refractivity contribution in [2.45, 2.75) is 25.3 Å². The first-order valence-electron chi connectivity index (χ1n) is 7.25. The van der Waals surface area contributed by atoms with E-state index in [-0.39, 0.29) is 6.04 Å². The first-order valence-corrected chi connectivity index (χ1v) is 9.10. The van der Waals surface area contributed by atoms with Gasteiger partial charge in [0.1, 0.15) is 0 Å². The second kappa shape index (κ2) is 6.10. The highest BCUT2D eigenvalue weighted by atomic mass is 32.2. The Morgan fingerprint density at radius 1 is 1.18 bits per heavy atom. The molecule has 1 aliphatic rings. The molecule has 0 unspecified atom stereocenters. The number of rotatable bonds is 3. The first-order chi connectivity index (χ1) is 10.6. The van der Waals surface area contributed by atoms with Crippen molar-refractivity contribution in [2.75, 3.05) is 12.8 Å². The highest BCUT2D eigenvalue weighted by Crippen LogP contribution is 2.32. The molecule has 0 N–H and O–H groups in total. The summed E-state index contributed by atoms with van der Waals surface area (Å²) < 4.78 is 25.5. The number of piperidine rings is 1. The maximum atomic E-state index is 12.0. The summed E-state index contributed by atoms with van der Waals surface area (Å²) in [6.07, 6.45) is 10.7. The van der Waals surface area contributed by atoms with Gasteiger partial charge in [-0.15, -0.1) is 0 Å². The third-order valence-electron chi connectivity index (χ3n) is 3.83. The van der Waals surface area contributed by atoms with Crippen LogP contribution >= 0.6 is 0 Å². The molecule has 7 heteroatoms. The Labute approximate surface area is 130 Å². The summed E-state index contributed by atoms with van der Waals surface area (Å²) >= 11 is 0. The third kappa shape index (κ3) is 3.15. The molecule has 0 amide bonds. The molecule has 0 bridgehead atoms. The van der Waals surface area contributed by atoms with E-state index in [9.17, 15) is 8.42 Å². The van der Waals surface area contributed by atoms with Crippen LogP contribution in [0.15, 0.2) is 36.9 Å². The number of aromatic nitrogens is 3. The molecule has 2 aromatic heterocycles. The van der Waals surface area contributed by atoms with Gasteiger partial charge in [-0.25, -0.2) is 13.4 Å². The van der Waals surface area contributed by atoms with Crippen molar-refractivity contribution in [1.29, 1.82) is 0 Å². The van der Waals surface area contributed by atoms with Gasteiger partial charge < -0.3 is 0 Å². The molecule has 22 heavy (non-hydrogen) atoms. The van der Waals surface area contributed by atoms with Crippen molar-refractivity contribution in [1.82, 2.24) is 19.3 Å². The second-order valence-corrected chi connectivity index (χ2v) is 7.39. The molecule has 0 saturated carbocycles. The van der Waals surface area contributed by atoms with E-state index in [1.54, 1.807) is 24.8 Å². The van der Waals surface area contributed by atoms with E-state index in [0.29, 0.717) is 17.9 Å². The Morgan fingerprint density at radius 3 is 2.77 bits per heavy atom. The maximum absolute atomic E-state index is 12.0. The summed E-state index contributed by atoms with van der Waals surface area (Å²) in [6, 6.07) is 3.52. The van der Waals surface area contributed by atoms with Crippen LogP contribution in [-0.4, -0.2) is 40.5 Å². The van der Waals surface area contributed by atoms with Gasteiger partial charge in [0.05, 0.1) is 36.1 Å². The minimum absolute atomic E-state index is 0.229. The van der Waals surface area contributed by atoms with Crippen LogP contribution in [0.25, 0.3) is 11.3 Å². The summed E-state index contributed by atoms with van der Waals surface area (Å²) in [4.78, 5) is 12.9. The summed E-state index contributed by atoms with van der Waals surface area (Å²) in [5.74, 6) is 0. The molecule has 0 spiro atoms. The Hall–Kier alpha value is -1.86. The molecule has 2 aromatic rings. The quantitative estimate of drug-likeness (QED) is 0.865. The number of hydrogen-bond acceptors (Lipinski definition) is 5. The van der Waals surface area contributed by atoms with Crippen molar-refractivity contribution in [3.63, 3.8) is 0 Å². The van der Waals surface area contributed by atoms with Crippen LogP contribution in [0.3, 0.4) is 0 Å². The smallest absolute Gasteiger partial charge is 0.211 e. The van der Waals surface area contributed by atoms with E-state index in [4.69, 9.17) is 0 Å². The van der Waals surface area contributed by atoms with E-state index < -0.39 is 10.0 Å². The number of sulfonamides is 1. The van der Waals surface area contributed by atoms with Gasteiger partial charge in [0.2, 0.25) is 10.0 Å². The van der Waals surface area contributed by atoms with Crippen LogP contribution in [0.5, 0.6) is 0 Å². The van der Waals surface area contributed by atoms with Crippen LogP contribution in [0.2, 0.25) is 0 Å². The van der Waals surface area contributed by atoms with Gasteiger partial charge >= 0.3 is 0 Å². The predicted octanol–water partition coefficient (Wildman–Crippen LogP) is 2.03. The fourth-order valence-corrected chi connectivity index (χ4v) is 3.93. The minimum Gasteiger partial charge on any atom is -0.264 e. The van der Waals surface area contributed by atoms with Gasteiger partial charge in [-0.05, 0) is 25.0 Å². The van der Waals surface area contributed by atoms with Crippen molar-refractivity contribution in [3.8, 4) is 11.3 Å². The van der Waals surface area contributed by atoms with E-state index in [1.165, 1.54) is 10.6 Å². The molecule has 1 fully saturated rings. The first kappa shape index (κ1) is 15.1. The van der Waals surface area contributed by atoms with E-state index >= 15 is 0 Å². The zero-order valence-electron chi connectivity index (χ0n) is 12.4. The molecule has 3 rings (SSSR count). The lowest BCUT2D eigenvalue weighted by Gasteiger charge is -2.33. The molecular formula is C15H18N4O2S. The van der Waals surface area contributed by atoms with Gasteiger partial charge in [-0.2, -0.15) is 4.31 Å². The lowest BCUT2D eigenvalue weighted by Crippen LogP contribution is -2.38. The van der Waals surface area contributed by atoms with Crippen LogP contribution < -0.4 is 0 Å². The van der Waals surface area contributed by atoms with Gasteiger partial charge in [-0.1, -0.05) is 6.42 Å². The Bertz CT molecular complexity index is 749. The Kier molecular flexibility index (Phi) is 4.17. The summed E-state index contributed by atoms with van der Waals surface area (Å²) in [7, 11) is -3.25. The number of hydrogen-bond donors (Lipinski definition) is 0. The van der Waals surface area contributed by atoms with Crippen molar-refractivity contribution >= 4 is 10.0 Å². The highest BCUT2D eigenvalue weighted by Gasteiger charge is 2.31. The Morgan fingerprint density at radius 2 is 2.05 bits per heavy atom. The lowest BCUT2D eigenvalue weighted by molar-refractivity contribution is 0.253. The van der Waals surface area contributed by atoms with E-state index in [0.717, 1.165) is 24.8 Å². The molecule has 0 aromatic carbocycles. The molecule has 0 aliphatic carbocycles. The summed E-state index contributed by atoms with van der Waals surface area (Å²) in [5, 5.41) is 0. The fourth-order valence-electron chi connectivity index (χ4n) is 2.79. The van der Waals surface area contributed by atoms with Crippen molar-refractivity contribution < 1.29 is 8.42 Å². The molecular weight excluding hydrogens is 300 g/mol. The molecule has 116 valence electrons. The maximum Gasteiger partial charge on any atom is 0.211 e. The van der Waals surface area contributed by atoms with Crippen LogP contribution in [0, 0.1) is 0 Å². The van der Waals surface area contributed by atoms with Gasteiger partial charge in [0, 0.05) is 24.5 Å². The normalized spacial score (nSPS) is 20.0. The minimum atomic E-state index is -3.25. The van der Waals surface area contributed by atoms with Crippen LogP contribution in [0.1, 0.15) is 31.0 Å². The topological polar surface area (TPSA) is 76.1 Å². The van der Waals surface area contributed by atoms with Crippen molar-refractivity contribution in [2.24, 2.45) is 0 Å². The zero-order chi connectivity index (χ0) is 15.6. The SMILES string of the molecule is CS(=O)(=O)N1CCCC[C@H]1c1cncc(-c2cccnc2)n1. The zero-order valence-corrected chi connectivity index (χ0v) is 13.2. The molecule has 1 aliphatic heterocycles. The number of pyridine rings is 1. The highest BCUT2D eigenvalue weighted by molar-refractivity contribution is 7.88. The fraction of sp³-hybridized carbons (Fsp3) is 0.400. The molecule has 1 atom stereocenters. The van der Waals surface area contributed by atoms with Crippen LogP contribution in [0.4, 0.5) is 0 Å². The van der Waals surface area contributed by atoms with Crippen molar-refractivity contribution in [3.05, 3.63) is 42.6 Å². The second-order valence-electron chi connectivity index (χ2n) is 5.46. The molecule has 6 nitrogen and oxygen atoms in total. The van der Waals surface area contributed by atoms with E-state index in [2.05, 4.69) is 15.0 Å². The standard InChI is InChI=1S/C15H18N4O2S/c1-22(20,21)19-8-3-2-6-15(19)14-11-17-10-13(18-14)12-5-4-7-16-9-12/h4-5,7,9-11,15H,2-3,6,8H2,1H3/t15-/m0/s1. The third-order valence-corrected chi connectivity index (χ3v) is 5.12. The average Bonchev–Trinajstić information content (AvgIpc) is 2.55. The number of nitrogens with zero attached hydrogens (tertiary/aromatic N) is 4. The molecule has 3 heterocycles. The summed E-state index contributed by atoms with van der Waals surface area (Å²) in [5.41, 5.74) is 2.29. The summed E-state index contributed by atoms with van der Waals surface area (Å²) in [6.45, 7) is 0.544. The van der Waals surface area contributed by atoms with Gasteiger partial charge in [0.25, 0.3) is 0 Å². The van der Waals surface area contributed by atoms with Gasteiger partial charge in [0.15, 0.2) is 0 Å².